The second kappa shape index (κ2) is 4.62. The number of nitrogens with one attached hydrogen (secondary N) is 1. The number of carbonyl (C=O) groups is 1. The molecule has 78 valence electrons. The molecule has 0 fully saturated rings. The fourth-order valence-corrected chi connectivity index (χ4v) is 1.33. The molecule has 0 bridgehead atoms. The quantitative estimate of drug-likeness (QED) is 0.737. The lowest BCUT2D eigenvalue weighted by atomic mass is 9.95. The molecule has 16 heavy (non-hydrogen) atoms. The van der Waals surface area contributed by atoms with Crippen LogP contribution in [0.5, 0.6) is 0 Å². The molecule has 3 nitrogen and oxygen atoms in total. The van der Waals surface area contributed by atoms with Crippen LogP contribution in [0, 0.1) is 0 Å². The molecule has 0 aliphatic heterocycles. The Labute approximate surface area is 94.9 Å². The van der Waals surface area contributed by atoms with Gasteiger partial charge in [-0.1, -0.05) is 35.8 Å². The summed E-state index contributed by atoms with van der Waals surface area (Å²) in [7, 11) is 1.99. The summed E-state index contributed by atoms with van der Waals surface area (Å²) in [6, 6.07) is 12.8. The highest BCUT2D eigenvalue weighted by Gasteiger charge is 2.05. The fraction of sp³-hybridized carbons (Fsp3) is 0. The van der Waals surface area contributed by atoms with Crippen LogP contribution in [0.1, 0.15) is 10.4 Å². The van der Waals surface area contributed by atoms with Crippen LogP contribution in [-0.4, -0.2) is 18.7 Å². The Morgan fingerprint density at radius 2 is 1.88 bits per heavy atom. The number of carbonyl (C=O) groups excluding carboxylic acids is 1. The molecule has 0 saturated carbocycles. The average molecular weight is 210 g/mol. The number of pyridine rings is 1. The van der Waals surface area contributed by atoms with E-state index in [0.717, 1.165) is 5.46 Å². The molecule has 0 radical (unpaired) electrons. The van der Waals surface area contributed by atoms with Gasteiger partial charge in [-0.25, -0.2) is 4.98 Å². The second-order valence-corrected chi connectivity index (χ2v) is 3.54. The van der Waals surface area contributed by atoms with Crippen molar-refractivity contribution < 1.29 is 4.79 Å². The molecular formula is C12H11BN2O. The van der Waals surface area contributed by atoms with Gasteiger partial charge in [-0.3, -0.25) is 4.79 Å². The summed E-state index contributed by atoms with van der Waals surface area (Å²) >= 11 is 0. The van der Waals surface area contributed by atoms with Gasteiger partial charge in [-0.15, -0.1) is 0 Å². The van der Waals surface area contributed by atoms with Gasteiger partial charge in [-0.05, 0) is 12.1 Å². The summed E-state index contributed by atoms with van der Waals surface area (Å²) in [5.74, 6) is 0.423. The third-order valence-corrected chi connectivity index (χ3v) is 2.22. The van der Waals surface area contributed by atoms with Crippen molar-refractivity contribution in [3.8, 4) is 0 Å². The summed E-state index contributed by atoms with van der Waals surface area (Å²) < 4.78 is 0. The van der Waals surface area contributed by atoms with Gasteiger partial charge in [0, 0.05) is 11.8 Å². The Morgan fingerprint density at radius 3 is 2.50 bits per heavy atom. The summed E-state index contributed by atoms with van der Waals surface area (Å²) in [4.78, 5) is 15.8. The normalized spacial score (nSPS) is 9.75. The van der Waals surface area contributed by atoms with E-state index in [0.29, 0.717) is 11.4 Å². The fourth-order valence-electron chi connectivity index (χ4n) is 1.33. The molecule has 1 aromatic carbocycles. The predicted octanol–water partition coefficient (Wildman–Crippen LogP) is 0.592. The first-order chi connectivity index (χ1) is 7.75. The first kappa shape index (κ1) is 10.4. The third-order valence-electron chi connectivity index (χ3n) is 2.22. The van der Waals surface area contributed by atoms with Crippen molar-refractivity contribution >= 4 is 25.0 Å². The standard InChI is InChI=1S/C12H11BN2O/c13-10-6-4-9(5-7-10)12(16)15-11-3-1-2-8-14-11/h1-8H,13H2,(H,14,15,16). The highest BCUT2D eigenvalue weighted by molar-refractivity contribution is 6.32. The van der Waals surface area contributed by atoms with Gasteiger partial charge < -0.3 is 5.32 Å². The number of amides is 1. The van der Waals surface area contributed by atoms with Crippen molar-refractivity contribution in [3.05, 3.63) is 54.2 Å². The largest absolute Gasteiger partial charge is 0.307 e. The van der Waals surface area contributed by atoms with E-state index in [-0.39, 0.29) is 5.91 Å². The van der Waals surface area contributed by atoms with Gasteiger partial charge in [-0.2, -0.15) is 0 Å². The Morgan fingerprint density at radius 1 is 1.12 bits per heavy atom. The molecule has 1 aromatic heterocycles. The number of nitrogens with zero attached hydrogens (tertiary/aromatic N) is 1. The summed E-state index contributed by atoms with van der Waals surface area (Å²) in [6.45, 7) is 0. The summed E-state index contributed by atoms with van der Waals surface area (Å²) in [6.07, 6.45) is 1.64. The Kier molecular flexibility index (Phi) is 3.01. The minimum absolute atomic E-state index is 0.140. The molecule has 4 heteroatoms. The number of hydrogen-bond donors (Lipinski definition) is 1. The minimum atomic E-state index is -0.140. The maximum absolute atomic E-state index is 11.8. The Balaban J connectivity index is 2.12. The van der Waals surface area contributed by atoms with E-state index in [4.69, 9.17) is 0 Å². The third kappa shape index (κ3) is 2.48. The minimum Gasteiger partial charge on any atom is -0.307 e. The van der Waals surface area contributed by atoms with E-state index in [1.807, 2.05) is 32.1 Å². The van der Waals surface area contributed by atoms with Crippen LogP contribution in [0.25, 0.3) is 0 Å². The zero-order valence-electron chi connectivity index (χ0n) is 8.97. The van der Waals surface area contributed by atoms with Crippen molar-refractivity contribution in [1.82, 2.24) is 4.98 Å². The maximum Gasteiger partial charge on any atom is 0.256 e. The van der Waals surface area contributed by atoms with E-state index >= 15 is 0 Å². The number of aromatic nitrogens is 1. The molecule has 0 aliphatic carbocycles. The van der Waals surface area contributed by atoms with E-state index in [1.54, 1.807) is 24.4 Å². The zero-order chi connectivity index (χ0) is 11.4. The Hall–Kier alpha value is -2.10. The second-order valence-electron chi connectivity index (χ2n) is 3.54. The molecule has 1 N–H and O–H groups in total. The molecule has 2 rings (SSSR count). The lowest BCUT2D eigenvalue weighted by Gasteiger charge is -2.03. The van der Waals surface area contributed by atoms with Crippen molar-refractivity contribution in [1.29, 1.82) is 0 Å². The summed E-state index contributed by atoms with van der Waals surface area (Å²) in [5.41, 5.74) is 1.77. The van der Waals surface area contributed by atoms with Crippen molar-refractivity contribution in [3.63, 3.8) is 0 Å². The topological polar surface area (TPSA) is 42.0 Å². The predicted molar refractivity (Wildman–Crippen MR) is 66.8 cm³/mol. The van der Waals surface area contributed by atoms with E-state index < -0.39 is 0 Å². The number of anilines is 1. The number of rotatable bonds is 2. The lowest BCUT2D eigenvalue weighted by molar-refractivity contribution is 0.102. The molecule has 0 atom stereocenters. The molecule has 0 aliphatic rings. The zero-order valence-corrected chi connectivity index (χ0v) is 8.97. The summed E-state index contributed by atoms with van der Waals surface area (Å²) in [5, 5.41) is 2.73. The lowest BCUT2D eigenvalue weighted by Crippen LogP contribution is -2.14. The van der Waals surface area contributed by atoms with Crippen LogP contribution in [0.2, 0.25) is 0 Å². The monoisotopic (exact) mass is 210 g/mol. The molecule has 0 spiro atoms. The van der Waals surface area contributed by atoms with Crippen molar-refractivity contribution in [2.24, 2.45) is 0 Å². The molecule has 0 saturated heterocycles. The van der Waals surface area contributed by atoms with Gasteiger partial charge in [0.1, 0.15) is 13.7 Å². The first-order valence-electron chi connectivity index (χ1n) is 5.05. The van der Waals surface area contributed by atoms with Gasteiger partial charge in [0.05, 0.1) is 0 Å². The van der Waals surface area contributed by atoms with Crippen LogP contribution in [0.4, 0.5) is 5.82 Å². The van der Waals surface area contributed by atoms with Gasteiger partial charge in [0.25, 0.3) is 5.91 Å². The van der Waals surface area contributed by atoms with E-state index in [2.05, 4.69) is 10.3 Å². The molecular weight excluding hydrogens is 199 g/mol. The highest BCUT2D eigenvalue weighted by atomic mass is 16.1. The average Bonchev–Trinajstić information content (AvgIpc) is 2.31. The van der Waals surface area contributed by atoms with Crippen LogP contribution >= 0.6 is 0 Å². The SMILES string of the molecule is Bc1ccc(C(=O)Nc2ccccn2)cc1. The van der Waals surface area contributed by atoms with Crippen molar-refractivity contribution in [2.75, 3.05) is 5.32 Å². The van der Waals surface area contributed by atoms with E-state index in [9.17, 15) is 4.79 Å². The van der Waals surface area contributed by atoms with Gasteiger partial charge >= 0.3 is 0 Å². The number of benzene rings is 1. The highest BCUT2D eigenvalue weighted by Crippen LogP contribution is 2.04. The molecule has 0 unspecified atom stereocenters. The maximum atomic E-state index is 11.8. The van der Waals surface area contributed by atoms with Gasteiger partial charge in [0.15, 0.2) is 0 Å². The van der Waals surface area contributed by atoms with Crippen LogP contribution in [-0.2, 0) is 0 Å². The molecule has 1 amide bonds. The molecule has 2 aromatic rings. The first-order valence-corrected chi connectivity index (χ1v) is 5.05. The van der Waals surface area contributed by atoms with Gasteiger partial charge in [0.2, 0.25) is 0 Å². The smallest absolute Gasteiger partial charge is 0.256 e. The van der Waals surface area contributed by atoms with Crippen LogP contribution < -0.4 is 10.8 Å². The van der Waals surface area contributed by atoms with Crippen molar-refractivity contribution in [2.45, 2.75) is 0 Å². The molecule has 1 heterocycles. The number of hydrogen-bond acceptors (Lipinski definition) is 2. The Bertz CT molecular complexity index is 482. The van der Waals surface area contributed by atoms with Crippen LogP contribution in [0.15, 0.2) is 48.7 Å². The van der Waals surface area contributed by atoms with E-state index in [1.165, 1.54) is 0 Å². The van der Waals surface area contributed by atoms with Crippen LogP contribution in [0.3, 0.4) is 0 Å².